The second-order valence-electron chi connectivity index (χ2n) is 7.71. The van der Waals surface area contributed by atoms with Gasteiger partial charge in [0.2, 0.25) is 0 Å². The van der Waals surface area contributed by atoms with Gasteiger partial charge in [-0.1, -0.05) is 82.8 Å². The number of rotatable bonds is 18. The third-order valence-electron chi connectivity index (χ3n) is 5.41. The van der Waals surface area contributed by atoms with Crippen molar-refractivity contribution in [3.8, 4) is 0 Å². The Labute approximate surface area is 163 Å². The first-order valence-electron chi connectivity index (χ1n) is 11.4. The first kappa shape index (κ1) is 23.2. The van der Waals surface area contributed by atoms with E-state index in [1.54, 1.807) is 0 Å². The smallest absolute Gasteiger partial charge is 0.0991 e. The van der Waals surface area contributed by atoms with E-state index in [0.29, 0.717) is 0 Å². The Morgan fingerprint density at radius 2 is 1.38 bits per heavy atom. The molecule has 0 aromatic heterocycles. The monoisotopic (exact) mass is 364 g/mol. The summed E-state index contributed by atoms with van der Waals surface area (Å²) < 4.78 is 0. The second-order valence-corrected chi connectivity index (χ2v) is 7.71. The molecule has 1 N–H and O–H groups in total. The van der Waals surface area contributed by atoms with Crippen molar-refractivity contribution in [3.63, 3.8) is 0 Å². The molecule has 0 fully saturated rings. The molecule has 0 spiro atoms. The van der Waals surface area contributed by atoms with Crippen LogP contribution in [0.3, 0.4) is 0 Å². The Balaban J connectivity index is 1.76. The van der Waals surface area contributed by atoms with Crippen LogP contribution < -0.4 is 0 Å². The van der Waals surface area contributed by atoms with Crippen molar-refractivity contribution in [2.24, 2.45) is 4.99 Å². The average molecular weight is 365 g/mol. The highest BCUT2D eigenvalue weighted by Crippen LogP contribution is 2.14. The van der Waals surface area contributed by atoms with Crippen molar-refractivity contribution in [1.29, 1.82) is 0 Å². The molecule has 0 aliphatic carbocycles. The minimum absolute atomic E-state index is 0.246. The van der Waals surface area contributed by atoms with Crippen molar-refractivity contribution < 1.29 is 5.11 Å². The number of amidine groups is 1. The molecule has 26 heavy (non-hydrogen) atoms. The highest BCUT2D eigenvalue weighted by Gasteiger charge is 2.14. The molecule has 0 unspecified atom stereocenters. The highest BCUT2D eigenvalue weighted by molar-refractivity contribution is 5.83. The fraction of sp³-hybridized carbons (Fsp3) is 0.870. The first-order valence-corrected chi connectivity index (χ1v) is 11.4. The molecule has 152 valence electrons. The maximum absolute atomic E-state index is 9.06. The van der Waals surface area contributed by atoms with Gasteiger partial charge in [0, 0.05) is 19.5 Å². The number of allylic oxidation sites excluding steroid dienone is 2. The van der Waals surface area contributed by atoms with Crippen LogP contribution in [-0.4, -0.2) is 42.1 Å². The number of aliphatic imine (C=N–C) groups is 1. The maximum Gasteiger partial charge on any atom is 0.0991 e. The molecule has 3 nitrogen and oxygen atoms in total. The molecular weight excluding hydrogens is 320 g/mol. The van der Waals surface area contributed by atoms with E-state index < -0.39 is 0 Å². The van der Waals surface area contributed by atoms with Gasteiger partial charge in [-0.3, -0.25) is 4.99 Å². The summed E-state index contributed by atoms with van der Waals surface area (Å²) in [6.45, 7) is 5.04. The zero-order chi connectivity index (χ0) is 18.7. The summed E-state index contributed by atoms with van der Waals surface area (Å²) in [7, 11) is 0. The normalized spacial score (nSPS) is 14.5. The Morgan fingerprint density at radius 1 is 0.846 bits per heavy atom. The number of unbranched alkanes of at least 4 members (excludes halogenated alkanes) is 13. The SMILES string of the molecule is C/C=C/CCCCCCCCCCCCCCCC1=NCCN1CCO. The molecule has 0 radical (unpaired) electrons. The average Bonchev–Trinajstić information content (AvgIpc) is 3.09. The lowest BCUT2D eigenvalue weighted by Gasteiger charge is -2.18. The van der Waals surface area contributed by atoms with Gasteiger partial charge in [-0.25, -0.2) is 0 Å². The van der Waals surface area contributed by atoms with Crippen molar-refractivity contribution in [3.05, 3.63) is 12.2 Å². The molecule has 1 rings (SSSR count). The maximum atomic E-state index is 9.06. The van der Waals surface area contributed by atoms with Crippen LogP contribution in [0.4, 0.5) is 0 Å². The second kappa shape index (κ2) is 17.6. The zero-order valence-corrected chi connectivity index (χ0v) is 17.4. The van der Waals surface area contributed by atoms with Crippen LogP contribution in [0.5, 0.6) is 0 Å². The summed E-state index contributed by atoms with van der Waals surface area (Å²) in [5.41, 5.74) is 0. The predicted molar refractivity (Wildman–Crippen MR) is 115 cm³/mol. The van der Waals surface area contributed by atoms with E-state index in [-0.39, 0.29) is 6.61 Å². The van der Waals surface area contributed by atoms with Crippen molar-refractivity contribution in [1.82, 2.24) is 4.90 Å². The molecule has 0 aromatic carbocycles. The summed E-state index contributed by atoms with van der Waals surface area (Å²) >= 11 is 0. The minimum atomic E-state index is 0.246. The lowest BCUT2D eigenvalue weighted by Crippen LogP contribution is -2.30. The van der Waals surface area contributed by atoms with E-state index in [4.69, 9.17) is 5.11 Å². The van der Waals surface area contributed by atoms with E-state index in [1.807, 2.05) is 0 Å². The Morgan fingerprint density at radius 3 is 1.92 bits per heavy atom. The Kier molecular flexibility index (Phi) is 15.7. The number of aliphatic hydroxyl groups is 1. The summed E-state index contributed by atoms with van der Waals surface area (Å²) in [5.74, 6) is 1.24. The number of nitrogens with zero attached hydrogens (tertiary/aromatic N) is 2. The van der Waals surface area contributed by atoms with E-state index in [2.05, 4.69) is 29.0 Å². The topological polar surface area (TPSA) is 35.8 Å². The van der Waals surface area contributed by atoms with Gasteiger partial charge in [0.25, 0.3) is 0 Å². The van der Waals surface area contributed by atoms with Crippen molar-refractivity contribution in [2.45, 2.75) is 103 Å². The van der Waals surface area contributed by atoms with Crippen LogP contribution in [0, 0.1) is 0 Å². The van der Waals surface area contributed by atoms with Crippen LogP contribution in [0.1, 0.15) is 103 Å². The van der Waals surface area contributed by atoms with Gasteiger partial charge in [-0.05, 0) is 26.2 Å². The van der Waals surface area contributed by atoms with E-state index >= 15 is 0 Å². The third kappa shape index (κ3) is 12.5. The quantitative estimate of drug-likeness (QED) is 0.235. The van der Waals surface area contributed by atoms with Gasteiger partial charge < -0.3 is 10.0 Å². The van der Waals surface area contributed by atoms with Gasteiger partial charge >= 0.3 is 0 Å². The van der Waals surface area contributed by atoms with E-state index in [1.165, 1.54) is 95.7 Å². The lowest BCUT2D eigenvalue weighted by molar-refractivity contribution is 0.255. The van der Waals surface area contributed by atoms with Crippen LogP contribution in [0.2, 0.25) is 0 Å². The van der Waals surface area contributed by atoms with Crippen molar-refractivity contribution >= 4 is 5.84 Å². The van der Waals surface area contributed by atoms with E-state index in [9.17, 15) is 0 Å². The molecule has 0 bridgehead atoms. The molecule has 1 aliphatic heterocycles. The molecule has 3 heteroatoms. The summed E-state index contributed by atoms with van der Waals surface area (Å²) in [5, 5.41) is 9.06. The predicted octanol–water partition coefficient (Wildman–Crippen LogP) is 6.12. The number of β-amino-alcohol motifs (C(OH)–C–C–N with tert-alkyl or cyclic N) is 1. The van der Waals surface area contributed by atoms with Gasteiger partial charge in [-0.2, -0.15) is 0 Å². The zero-order valence-electron chi connectivity index (χ0n) is 17.4. The summed E-state index contributed by atoms with van der Waals surface area (Å²) in [6.07, 6.45) is 25.0. The highest BCUT2D eigenvalue weighted by atomic mass is 16.3. The fourth-order valence-corrected chi connectivity index (χ4v) is 3.78. The lowest BCUT2D eigenvalue weighted by atomic mass is 10.0. The molecule has 0 atom stereocenters. The molecule has 1 heterocycles. The van der Waals surface area contributed by atoms with Crippen LogP contribution in [0.15, 0.2) is 17.1 Å². The molecule has 1 aliphatic rings. The molecule has 0 amide bonds. The van der Waals surface area contributed by atoms with Gasteiger partial charge in [0.15, 0.2) is 0 Å². The van der Waals surface area contributed by atoms with Gasteiger partial charge in [-0.15, -0.1) is 0 Å². The minimum Gasteiger partial charge on any atom is -0.395 e. The summed E-state index contributed by atoms with van der Waals surface area (Å²) in [6, 6.07) is 0. The number of hydrogen-bond acceptors (Lipinski definition) is 3. The van der Waals surface area contributed by atoms with Crippen molar-refractivity contribution in [2.75, 3.05) is 26.2 Å². The Bertz CT molecular complexity index is 365. The van der Waals surface area contributed by atoms with E-state index in [0.717, 1.165) is 26.1 Å². The first-order chi connectivity index (χ1) is 12.9. The molecule has 0 aromatic rings. The number of hydrogen-bond donors (Lipinski definition) is 1. The van der Waals surface area contributed by atoms with Crippen LogP contribution in [-0.2, 0) is 0 Å². The molecule has 0 saturated carbocycles. The number of aliphatic hydroxyl groups excluding tert-OH is 1. The van der Waals surface area contributed by atoms with Gasteiger partial charge in [0.05, 0.1) is 19.0 Å². The largest absolute Gasteiger partial charge is 0.395 e. The fourth-order valence-electron chi connectivity index (χ4n) is 3.78. The third-order valence-corrected chi connectivity index (χ3v) is 5.41. The molecule has 0 saturated heterocycles. The van der Waals surface area contributed by atoms with Crippen LogP contribution >= 0.6 is 0 Å². The standard InChI is InChI=1S/C23H44N2O/c1-2-3-4-5-6-7-8-9-10-11-12-13-14-15-16-17-18-23-24-19-20-25(23)21-22-26/h2-3,26H,4-22H2,1H3/b3-2+. The van der Waals surface area contributed by atoms with Gasteiger partial charge in [0.1, 0.15) is 0 Å². The van der Waals surface area contributed by atoms with Crippen LogP contribution in [0.25, 0.3) is 0 Å². The summed E-state index contributed by atoms with van der Waals surface area (Å²) in [4.78, 5) is 6.82. The molecular formula is C23H44N2O. The Hall–Kier alpha value is -0.830.